The number of carbonyl (C=O) groups is 1. The molecule has 0 amide bonds. The van der Waals surface area contributed by atoms with Crippen LogP contribution in [0.15, 0.2) is 36.4 Å². The second-order valence-electron chi connectivity index (χ2n) is 4.29. The minimum absolute atomic E-state index is 0.277. The quantitative estimate of drug-likeness (QED) is 0.389. The van der Waals surface area contributed by atoms with E-state index in [0.717, 1.165) is 13.2 Å². The molecule has 114 valence electrons. The maximum atomic E-state index is 14.4. The molecule has 0 atom stereocenters. The van der Waals surface area contributed by atoms with Crippen LogP contribution in [0.2, 0.25) is 0 Å². The van der Waals surface area contributed by atoms with Gasteiger partial charge < -0.3 is 15.8 Å². The zero-order valence-electron chi connectivity index (χ0n) is 11.5. The Kier molecular flexibility index (Phi) is 4.21. The first kappa shape index (κ1) is 15.2. The van der Waals surface area contributed by atoms with Gasteiger partial charge in [0.25, 0.3) is 5.69 Å². The lowest BCUT2D eigenvalue weighted by Crippen LogP contribution is -2.11. The summed E-state index contributed by atoms with van der Waals surface area (Å²) < 4.78 is 18.9. The van der Waals surface area contributed by atoms with Gasteiger partial charge in [0, 0.05) is 11.8 Å². The first-order chi connectivity index (χ1) is 10.5. The molecular formula is C14H12FN3O4. The van der Waals surface area contributed by atoms with Crippen molar-refractivity contribution >= 4 is 28.7 Å². The summed E-state index contributed by atoms with van der Waals surface area (Å²) in [6.07, 6.45) is 0. The van der Waals surface area contributed by atoms with Crippen LogP contribution >= 0.6 is 0 Å². The van der Waals surface area contributed by atoms with Gasteiger partial charge >= 0.3 is 5.97 Å². The Balaban J connectivity index is 2.62. The van der Waals surface area contributed by atoms with E-state index in [2.05, 4.69) is 10.1 Å². The third-order valence-corrected chi connectivity index (χ3v) is 2.93. The number of nitrogens with zero attached hydrogens (tertiary/aromatic N) is 1. The Hall–Kier alpha value is -3.16. The molecule has 0 aliphatic heterocycles. The minimum atomic E-state index is -1.08. The molecule has 0 aliphatic carbocycles. The molecule has 22 heavy (non-hydrogen) atoms. The lowest BCUT2D eigenvalue weighted by Gasteiger charge is -2.13. The van der Waals surface area contributed by atoms with E-state index in [4.69, 9.17) is 5.73 Å². The van der Waals surface area contributed by atoms with E-state index in [1.807, 2.05) is 0 Å². The number of hydrogen-bond donors (Lipinski definition) is 2. The molecule has 0 bridgehead atoms. The minimum Gasteiger partial charge on any atom is -0.465 e. The van der Waals surface area contributed by atoms with Crippen molar-refractivity contribution in [2.75, 3.05) is 18.2 Å². The van der Waals surface area contributed by atoms with Crippen LogP contribution in [0.25, 0.3) is 0 Å². The summed E-state index contributed by atoms with van der Waals surface area (Å²) in [5.41, 5.74) is 3.98. The Morgan fingerprint density at radius 1 is 1.36 bits per heavy atom. The molecule has 0 aliphatic rings. The Morgan fingerprint density at radius 3 is 2.55 bits per heavy atom. The number of nitro benzene ring substituents is 1. The number of hydrogen-bond acceptors (Lipinski definition) is 6. The molecule has 8 heteroatoms. The highest BCUT2D eigenvalue weighted by Crippen LogP contribution is 2.35. The number of para-hydroxylation sites is 1. The molecule has 0 heterocycles. The predicted molar refractivity (Wildman–Crippen MR) is 78.5 cm³/mol. The number of nitrogens with two attached hydrogens (primary N) is 1. The number of ether oxygens (including phenoxy) is 1. The van der Waals surface area contributed by atoms with Gasteiger partial charge in [-0.1, -0.05) is 18.2 Å². The number of anilines is 3. The van der Waals surface area contributed by atoms with E-state index in [-0.39, 0.29) is 11.3 Å². The number of nitro groups is 1. The summed E-state index contributed by atoms with van der Waals surface area (Å²) in [4.78, 5) is 21.8. The summed E-state index contributed by atoms with van der Waals surface area (Å²) in [6, 6.07) is 9.32. The molecular weight excluding hydrogens is 293 g/mol. The number of halogens is 1. The highest BCUT2D eigenvalue weighted by Gasteiger charge is 2.26. The van der Waals surface area contributed by atoms with Crippen LogP contribution in [-0.2, 0) is 4.74 Å². The largest absolute Gasteiger partial charge is 0.465 e. The number of methoxy groups -OCH3 is 1. The fourth-order valence-corrected chi connectivity index (χ4v) is 1.86. The molecule has 0 aromatic heterocycles. The van der Waals surface area contributed by atoms with Crippen LogP contribution in [0.3, 0.4) is 0 Å². The van der Waals surface area contributed by atoms with Gasteiger partial charge in [-0.2, -0.15) is 0 Å². The van der Waals surface area contributed by atoms with Crippen LogP contribution in [0.1, 0.15) is 10.4 Å². The molecule has 2 rings (SSSR count). The average molecular weight is 305 g/mol. The van der Waals surface area contributed by atoms with Crippen molar-refractivity contribution in [3.8, 4) is 0 Å². The highest BCUT2D eigenvalue weighted by molar-refractivity contribution is 5.99. The number of nitrogen functional groups attached to an aromatic ring is 1. The van der Waals surface area contributed by atoms with Gasteiger partial charge in [0.2, 0.25) is 0 Å². The molecule has 0 saturated heterocycles. The smallest absolute Gasteiger partial charge is 0.340 e. The van der Waals surface area contributed by atoms with Crippen LogP contribution in [0, 0.1) is 15.9 Å². The summed E-state index contributed by atoms with van der Waals surface area (Å²) in [5, 5.41) is 13.6. The third kappa shape index (κ3) is 2.80. The summed E-state index contributed by atoms with van der Waals surface area (Å²) in [7, 11) is 1.09. The average Bonchev–Trinajstić information content (AvgIpc) is 2.52. The van der Waals surface area contributed by atoms with Gasteiger partial charge in [0.1, 0.15) is 5.69 Å². The van der Waals surface area contributed by atoms with Crippen LogP contribution in [0.4, 0.5) is 27.1 Å². The number of esters is 1. The van der Waals surface area contributed by atoms with E-state index in [0.29, 0.717) is 5.69 Å². The Bertz CT molecular complexity index is 735. The van der Waals surface area contributed by atoms with Crippen LogP contribution in [0.5, 0.6) is 0 Å². The van der Waals surface area contributed by atoms with Crippen molar-refractivity contribution < 1.29 is 18.8 Å². The SMILES string of the molecule is COC(=O)c1cc([N+](=O)[O-])c(N)c(F)c1Nc1ccccc1. The number of benzene rings is 2. The molecule has 2 aromatic carbocycles. The van der Waals surface area contributed by atoms with Crippen molar-refractivity contribution in [3.63, 3.8) is 0 Å². The standard InChI is InChI=1S/C14H12FN3O4/c1-22-14(19)9-7-10(18(20)21)12(16)11(15)13(9)17-8-5-3-2-4-6-8/h2-7,17H,16H2,1H3. The zero-order chi connectivity index (χ0) is 16.3. The number of nitrogens with one attached hydrogen (secondary N) is 1. The fraction of sp³-hybridized carbons (Fsp3) is 0.0714. The molecule has 0 fully saturated rings. The van der Waals surface area contributed by atoms with Gasteiger partial charge in [0.15, 0.2) is 5.82 Å². The Labute approximate surface area is 124 Å². The summed E-state index contributed by atoms with van der Waals surface area (Å²) >= 11 is 0. The van der Waals surface area contributed by atoms with Crippen molar-refractivity contribution in [1.82, 2.24) is 0 Å². The lowest BCUT2D eigenvalue weighted by molar-refractivity contribution is -0.384. The van der Waals surface area contributed by atoms with Crippen LogP contribution < -0.4 is 11.1 Å². The van der Waals surface area contributed by atoms with Gasteiger partial charge in [-0.25, -0.2) is 9.18 Å². The predicted octanol–water partition coefficient (Wildman–Crippen LogP) is 2.85. The summed E-state index contributed by atoms with van der Waals surface area (Å²) in [6.45, 7) is 0. The summed E-state index contributed by atoms with van der Waals surface area (Å²) in [5.74, 6) is -2.00. The van der Waals surface area contributed by atoms with Gasteiger partial charge in [-0.3, -0.25) is 10.1 Å². The first-order valence-corrected chi connectivity index (χ1v) is 6.12. The second-order valence-corrected chi connectivity index (χ2v) is 4.29. The molecule has 0 spiro atoms. The fourth-order valence-electron chi connectivity index (χ4n) is 1.86. The Morgan fingerprint density at radius 2 is 2.00 bits per heavy atom. The van der Waals surface area contributed by atoms with E-state index < -0.39 is 28.1 Å². The van der Waals surface area contributed by atoms with Crippen molar-refractivity contribution in [2.24, 2.45) is 0 Å². The molecule has 0 saturated carbocycles. The van der Waals surface area contributed by atoms with E-state index in [1.165, 1.54) is 0 Å². The van der Waals surface area contributed by atoms with Gasteiger partial charge in [-0.05, 0) is 12.1 Å². The zero-order valence-corrected chi connectivity index (χ0v) is 11.5. The lowest BCUT2D eigenvalue weighted by atomic mass is 10.1. The first-order valence-electron chi connectivity index (χ1n) is 6.12. The molecule has 2 aromatic rings. The van der Waals surface area contributed by atoms with E-state index >= 15 is 0 Å². The van der Waals surface area contributed by atoms with Crippen molar-refractivity contribution in [1.29, 1.82) is 0 Å². The third-order valence-electron chi connectivity index (χ3n) is 2.93. The normalized spacial score (nSPS) is 10.1. The molecule has 3 N–H and O–H groups in total. The maximum absolute atomic E-state index is 14.4. The van der Waals surface area contributed by atoms with Crippen LogP contribution in [-0.4, -0.2) is 18.0 Å². The molecule has 0 radical (unpaired) electrons. The van der Waals surface area contributed by atoms with Gasteiger partial charge in [-0.15, -0.1) is 0 Å². The topological polar surface area (TPSA) is 107 Å². The number of rotatable bonds is 4. The van der Waals surface area contributed by atoms with E-state index in [1.54, 1.807) is 30.3 Å². The molecule has 7 nitrogen and oxygen atoms in total. The highest BCUT2D eigenvalue weighted by atomic mass is 19.1. The van der Waals surface area contributed by atoms with Crippen molar-refractivity contribution in [3.05, 3.63) is 57.9 Å². The second kappa shape index (κ2) is 6.08. The molecule has 0 unspecified atom stereocenters. The van der Waals surface area contributed by atoms with Crippen molar-refractivity contribution in [2.45, 2.75) is 0 Å². The van der Waals surface area contributed by atoms with E-state index in [9.17, 15) is 19.3 Å². The number of carbonyl (C=O) groups excluding carboxylic acids is 1. The van der Waals surface area contributed by atoms with Gasteiger partial charge in [0.05, 0.1) is 23.3 Å². The monoisotopic (exact) mass is 305 g/mol. The maximum Gasteiger partial charge on any atom is 0.340 e.